The van der Waals surface area contributed by atoms with Gasteiger partial charge in [0.15, 0.2) is 8.83 Å². The zero-order valence-corrected chi connectivity index (χ0v) is 12.9. The molecule has 2 heteroatoms. The lowest BCUT2D eigenvalue weighted by molar-refractivity contribution is 0.763. The van der Waals surface area contributed by atoms with E-state index in [1.54, 1.807) is 0 Å². The summed E-state index contributed by atoms with van der Waals surface area (Å²) in [6.45, 7) is 6.37. The Morgan fingerprint density at radius 2 is 1.00 bits per heavy atom. The average molecular weight is 275 g/mol. The van der Waals surface area contributed by atoms with Crippen LogP contribution in [0.4, 0.5) is 0 Å². The predicted octanol–water partition coefficient (Wildman–Crippen LogP) is 5.42. The van der Waals surface area contributed by atoms with E-state index in [-0.39, 0.29) is 0 Å². The van der Waals surface area contributed by atoms with Gasteiger partial charge >= 0.3 is 0 Å². The molecule has 0 heterocycles. The molecule has 0 spiro atoms. The summed E-state index contributed by atoms with van der Waals surface area (Å²) in [5.74, 6) is 0. The van der Waals surface area contributed by atoms with Crippen LogP contribution < -0.4 is 0 Å². The van der Waals surface area contributed by atoms with Gasteiger partial charge in [-0.1, -0.05) is 81.4 Å². The highest BCUT2D eigenvalue weighted by Crippen LogP contribution is 2.20. The molecule has 0 N–H and O–H groups in total. The predicted molar refractivity (Wildman–Crippen MR) is 83.2 cm³/mol. The number of hydrogen-bond donors (Lipinski definition) is 0. The molecule has 2 aromatic rings. The van der Waals surface area contributed by atoms with Crippen LogP contribution in [-0.2, 0) is 0 Å². The highest BCUT2D eigenvalue weighted by molar-refractivity contribution is 6.95. The Morgan fingerprint density at radius 3 is 1.22 bits per heavy atom. The van der Waals surface area contributed by atoms with E-state index in [1.165, 1.54) is 11.1 Å². The Morgan fingerprint density at radius 1 is 0.722 bits per heavy atom. The molecule has 2 rings (SSSR count). The highest BCUT2D eigenvalue weighted by atomic mass is 35.6. The molecular formula is C16H19ClSi. The van der Waals surface area contributed by atoms with Gasteiger partial charge in [0.25, 0.3) is 0 Å². The summed E-state index contributed by atoms with van der Waals surface area (Å²) >= 11 is 5.51. The van der Waals surface area contributed by atoms with Crippen molar-refractivity contribution in [3.8, 4) is 11.1 Å². The van der Waals surface area contributed by atoms with Gasteiger partial charge in [-0.25, -0.2) is 0 Å². The molecule has 0 aliphatic carbocycles. The van der Waals surface area contributed by atoms with Crippen LogP contribution >= 0.6 is 11.1 Å². The van der Waals surface area contributed by atoms with Crippen LogP contribution in [0.25, 0.3) is 11.1 Å². The molecule has 0 nitrogen and oxygen atoms in total. The van der Waals surface area contributed by atoms with E-state index in [0.29, 0.717) is 13.9 Å². The van der Waals surface area contributed by atoms with E-state index in [4.69, 9.17) is 11.1 Å². The average Bonchev–Trinajstić information content (AvgIpc) is 2.41. The first-order chi connectivity index (χ1) is 8.53. The first kappa shape index (κ1) is 15.0. The van der Waals surface area contributed by atoms with Crippen LogP contribution in [-0.4, -0.2) is 8.83 Å². The van der Waals surface area contributed by atoms with Gasteiger partial charge in [0.05, 0.1) is 0 Å². The third kappa shape index (κ3) is 6.04. The quantitative estimate of drug-likeness (QED) is 0.481. The van der Waals surface area contributed by atoms with Gasteiger partial charge < -0.3 is 0 Å². The van der Waals surface area contributed by atoms with Gasteiger partial charge in [0, 0.05) is 0 Å². The van der Waals surface area contributed by atoms with Gasteiger partial charge in [0.1, 0.15) is 0 Å². The SMILES string of the molecule is CC(C)(C)[Si]Cl.c1ccc(-c2ccccc2)cc1. The Hall–Kier alpha value is -1.05. The number of rotatable bonds is 1. The summed E-state index contributed by atoms with van der Waals surface area (Å²) in [6.07, 6.45) is 0. The third-order valence-corrected chi connectivity index (χ3v) is 4.43. The zero-order chi connectivity index (χ0) is 13.4. The first-order valence-corrected chi connectivity index (χ1v) is 8.02. The maximum atomic E-state index is 5.51. The fourth-order valence-electron chi connectivity index (χ4n) is 1.26. The molecule has 2 aromatic carbocycles. The van der Waals surface area contributed by atoms with E-state index in [2.05, 4.69) is 69.3 Å². The zero-order valence-electron chi connectivity index (χ0n) is 11.2. The maximum Gasteiger partial charge on any atom is 0.177 e. The second kappa shape index (κ2) is 7.40. The molecule has 0 bridgehead atoms. The van der Waals surface area contributed by atoms with E-state index in [1.807, 2.05) is 12.1 Å². The van der Waals surface area contributed by atoms with Crippen molar-refractivity contribution in [3.05, 3.63) is 60.7 Å². The smallest absolute Gasteiger partial charge is 0.171 e. The van der Waals surface area contributed by atoms with E-state index in [9.17, 15) is 0 Å². The standard InChI is InChI=1S/C12H10.C4H9ClSi/c1-3-7-11(8-4-1)12-9-5-2-6-10-12;1-4(2,3)6-5/h1-10H;1-3H3. The van der Waals surface area contributed by atoms with Crippen molar-refractivity contribution in [2.75, 3.05) is 0 Å². The fourth-order valence-corrected chi connectivity index (χ4v) is 1.26. The van der Waals surface area contributed by atoms with Gasteiger partial charge in [0.2, 0.25) is 0 Å². The summed E-state index contributed by atoms with van der Waals surface area (Å²) in [6, 6.07) is 20.8. The summed E-state index contributed by atoms with van der Waals surface area (Å²) in [4.78, 5) is 0. The fraction of sp³-hybridized carbons (Fsp3) is 0.250. The van der Waals surface area contributed by atoms with Crippen LogP contribution in [0.5, 0.6) is 0 Å². The van der Waals surface area contributed by atoms with Gasteiger partial charge in [-0.05, 0) is 16.2 Å². The third-order valence-electron chi connectivity index (χ3n) is 2.16. The topological polar surface area (TPSA) is 0 Å². The van der Waals surface area contributed by atoms with Crippen LogP contribution in [0.3, 0.4) is 0 Å². The molecule has 18 heavy (non-hydrogen) atoms. The Kier molecular flexibility index (Phi) is 6.17. The lowest BCUT2D eigenvalue weighted by Crippen LogP contribution is -1.99. The number of halogens is 1. The van der Waals surface area contributed by atoms with E-state index < -0.39 is 0 Å². The Labute approximate surface area is 118 Å². The summed E-state index contributed by atoms with van der Waals surface area (Å²) in [7, 11) is 0.539. The van der Waals surface area contributed by atoms with Crippen molar-refractivity contribution in [2.45, 2.75) is 25.8 Å². The van der Waals surface area contributed by atoms with Crippen molar-refractivity contribution < 1.29 is 0 Å². The molecule has 0 saturated heterocycles. The van der Waals surface area contributed by atoms with Crippen molar-refractivity contribution in [2.24, 2.45) is 0 Å². The molecule has 0 aromatic heterocycles. The number of benzene rings is 2. The summed E-state index contributed by atoms with van der Waals surface area (Å²) in [5.41, 5.74) is 2.55. The van der Waals surface area contributed by atoms with Crippen LogP contribution in [0, 0.1) is 0 Å². The summed E-state index contributed by atoms with van der Waals surface area (Å²) in [5, 5.41) is 0.335. The minimum atomic E-state index is 0.335. The Bertz CT molecular complexity index is 394. The van der Waals surface area contributed by atoms with Crippen LogP contribution in [0.1, 0.15) is 20.8 Å². The normalized spacial score (nSPS) is 10.4. The van der Waals surface area contributed by atoms with Crippen molar-refractivity contribution in [3.63, 3.8) is 0 Å². The van der Waals surface area contributed by atoms with E-state index >= 15 is 0 Å². The van der Waals surface area contributed by atoms with Crippen LogP contribution in [0.15, 0.2) is 60.7 Å². The molecular weight excluding hydrogens is 256 g/mol. The molecule has 0 saturated carbocycles. The minimum absolute atomic E-state index is 0.335. The van der Waals surface area contributed by atoms with Gasteiger partial charge in [-0.3, -0.25) is 0 Å². The largest absolute Gasteiger partial charge is 0.177 e. The highest BCUT2D eigenvalue weighted by Gasteiger charge is 2.07. The maximum absolute atomic E-state index is 5.51. The molecule has 2 radical (unpaired) electrons. The van der Waals surface area contributed by atoms with Crippen molar-refractivity contribution in [1.82, 2.24) is 0 Å². The second-order valence-electron chi connectivity index (χ2n) is 5.08. The molecule has 0 aliphatic rings. The minimum Gasteiger partial charge on any atom is -0.171 e. The molecule has 0 atom stereocenters. The van der Waals surface area contributed by atoms with Gasteiger partial charge in [-0.15, -0.1) is 0 Å². The lowest BCUT2D eigenvalue weighted by Gasteiger charge is -2.09. The van der Waals surface area contributed by atoms with E-state index in [0.717, 1.165) is 0 Å². The molecule has 0 unspecified atom stereocenters. The second-order valence-corrected chi connectivity index (χ2v) is 7.33. The molecule has 0 amide bonds. The van der Waals surface area contributed by atoms with Gasteiger partial charge in [-0.2, -0.15) is 11.1 Å². The number of hydrogen-bond acceptors (Lipinski definition) is 0. The first-order valence-electron chi connectivity index (χ1n) is 6.01. The van der Waals surface area contributed by atoms with Crippen molar-refractivity contribution >= 4 is 19.9 Å². The molecule has 0 fully saturated rings. The molecule has 94 valence electrons. The molecule has 0 aliphatic heterocycles. The van der Waals surface area contributed by atoms with Crippen LogP contribution in [0.2, 0.25) is 5.04 Å². The monoisotopic (exact) mass is 274 g/mol. The van der Waals surface area contributed by atoms with Crippen molar-refractivity contribution in [1.29, 1.82) is 0 Å². The Balaban J connectivity index is 0.000000232. The lowest BCUT2D eigenvalue weighted by atomic mass is 10.1. The summed E-state index contributed by atoms with van der Waals surface area (Å²) < 4.78 is 0.